The fourth-order valence-corrected chi connectivity index (χ4v) is 7.43. The van der Waals surface area contributed by atoms with Gasteiger partial charge in [0.25, 0.3) is 0 Å². The molecule has 0 aromatic heterocycles. The van der Waals surface area contributed by atoms with Crippen LogP contribution < -0.4 is 0 Å². The third-order valence-electron chi connectivity index (χ3n) is 9.67. The van der Waals surface area contributed by atoms with Gasteiger partial charge in [0, 0.05) is 0 Å². The first-order valence-electron chi connectivity index (χ1n) is 15.9. The smallest absolute Gasteiger partial charge is 0.00992 e. The topological polar surface area (TPSA) is 0 Å². The standard InChI is InChI=1S/C43H36/c1-2-6-29-7-5-9-34(25-29)30-11-13-31(14-12-30)35-21-23-41-38(26-35)19-20-39-27-36(22-24-42(39)41)37-18-17-33-16-15-32-8-3-4-10-40(32)43(33)28-37/h2-4,6-8,10-18,22,24-28H,5,9,19-21,23H2,1H3. The molecule has 0 unspecified atom stereocenters. The van der Waals surface area contributed by atoms with Crippen molar-refractivity contribution < 1.29 is 0 Å². The minimum Gasteiger partial charge on any atom is -0.0871 e. The summed E-state index contributed by atoms with van der Waals surface area (Å²) in [5, 5.41) is 5.27. The average Bonchev–Trinajstić information content (AvgIpc) is 3.08. The van der Waals surface area contributed by atoms with E-state index in [1.165, 1.54) is 71.6 Å². The fraction of sp³-hybridized carbons (Fsp3) is 0.163. The summed E-state index contributed by atoms with van der Waals surface area (Å²) < 4.78 is 0. The molecule has 0 N–H and O–H groups in total. The zero-order valence-electron chi connectivity index (χ0n) is 24.9. The summed E-state index contributed by atoms with van der Waals surface area (Å²) in [5.41, 5.74) is 15.7. The van der Waals surface area contributed by atoms with E-state index in [4.69, 9.17) is 0 Å². The van der Waals surface area contributed by atoms with Gasteiger partial charge in [0.05, 0.1) is 0 Å². The fourth-order valence-electron chi connectivity index (χ4n) is 7.43. The first kappa shape index (κ1) is 26.0. The molecule has 0 radical (unpaired) electrons. The van der Waals surface area contributed by atoms with Crippen LogP contribution in [0.15, 0.2) is 139 Å². The van der Waals surface area contributed by atoms with Gasteiger partial charge in [-0.15, -0.1) is 0 Å². The van der Waals surface area contributed by atoms with E-state index in [9.17, 15) is 0 Å². The number of benzene rings is 5. The summed E-state index contributed by atoms with van der Waals surface area (Å²) in [6.07, 6.45) is 18.2. The van der Waals surface area contributed by atoms with Crippen molar-refractivity contribution in [2.75, 3.05) is 0 Å². The Morgan fingerprint density at radius 1 is 0.558 bits per heavy atom. The average molecular weight is 553 g/mol. The lowest BCUT2D eigenvalue weighted by molar-refractivity contribution is 0.903. The van der Waals surface area contributed by atoms with Crippen LogP contribution in [-0.4, -0.2) is 0 Å². The summed E-state index contributed by atoms with van der Waals surface area (Å²) in [7, 11) is 0. The molecule has 0 heteroatoms. The van der Waals surface area contributed by atoms with Gasteiger partial charge >= 0.3 is 0 Å². The lowest BCUT2D eigenvalue weighted by Gasteiger charge is -2.27. The maximum absolute atomic E-state index is 2.51. The molecule has 0 spiro atoms. The van der Waals surface area contributed by atoms with Gasteiger partial charge in [-0.2, -0.15) is 0 Å². The van der Waals surface area contributed by atoms with Crippen molar-refractivity contribution in [1.82, 2.24) is 0 Å². The summed E-state index contributed by atoms with van der Waals surface area (Å²) >= 11 is 0. The molecule has 0 bridgehead atoms. The van der Waals surface area contributed by atoms with Crippen LogP contribution in [0.1, 0.15) is 61.3 Å². The highest BCUT2D eigenvalue weighted by Gasteiger charge is 2.22. The minimum absolute atomic E-state index is 1.11. The van der Waals surface area contributed by atoms with Crippen molar-refractivity contribution in [3.05, 3.63) is 161 Å². The first-order chi connectivity index (χ1) is 21.2. The number of hydrogen-bond donors (Lipinski definition) is 0. The van der Waals surface area contributed by atoms with Gasteiger partial charge in [0.1, 0.15) is 0 Å². The lowest BCUT2D eigenvalue weighted by atomic mass is 9.77. The van der Waals surface area contributed by atoms with Crippen LogP contribution in [0.3, 0.4) is 0 Å². The first-order valence-corrected chi connectivity index (χ1v) is 15.9. The molecule has 43 heavy (non-hydrogen) atoms. The second kappa shape index (κ2) is 10.9. The maximum atomic E-state index is 2.51. The number of allylic oxidation sites excluding steroid dienone is 10. The molecule has 5 aromatic carbocycles. The van der Waals surface area contributed by atoms with E-state index < -0.39 is 0 Å². The third-order valence-corrected chi connectivity index (χ3v) is 9.67. The highest BCUT2D eigenvalue weighted by Crippen LogP contribution is 2.43. The van der Waals surface area contributed by atoms with Gasteiger partial charge in [0.15, 0.2) is 0 Å². The monoisotopic (exact) mass is 552 g/mol. The maximum Gasteiger partial charge on any atom is -0.00992 e. The van der Waals surface area contributed by atoms with E-state index in [0.717, 1.165) is 38.5 Å². The molecule has 0 atom stereocenters. The van der Waals surface area contributed by atoms with Crippen molar-refractivity contribution in [2.45, 2.75) is 45.4 Å². The number of hydrogen-bond acceptors (Lipinski definition) is 0. The molecule has 0 saturated carbocycles. The Morgan fingerprint density at radius 3 is 2.09 bits per heavy atom. The van der Waals surface area contributed by atoms with Crippen molar-refractivity contribution in [2.24, 2.45) is 0 Å². The van der Waals surface area contributed by atoms with Gasteiger partial charge in [-0.3, -0.25) is 0 Å². The van der Waals surface area contributed by atoms with Gasteiger partial charge in [-0.05, 0) is 134 Å². The second-order valence-electron chi connectivity index (χ2n) is 12.3. The van der Waals surface area contributed by atoms with E-state index in [1.54, 1.807) is 11.1 Å². The van der Waals surface area contributed by atoms with Crippen LogP contribution in [-0.2, 0) is 6.42 Å². The molecule has 0 saturated heterocycles. The van der Waals surface area contributed by atoms with E-state index in [-0.39, 0.29) is 0 Å². The van der Waals surface area contributed by atoms with Gasteiger partial charge in [-0.25, -0.2) is 0 Å². The molecule has 0 aliphatic heterocycles. The molecular formula is C43H36. The Kier molecular flexibility index (Phi) is 6.56. The quantitative estimate of drug-likeness (QED) is 0.195. The van der Waals surface area contributed by atoms with Crippen LogP contribution in [0.4, 0.5) is 0 Å². The van der Waals surface area contributed by atoms with Gasteiger partial charge < -0.3 is 0 Å². The molecule has 3 aliphatic rings. The molecular weight excluding hydrogens is 516 g/mol. The predicted molar refractivity (Wildman–Crippen MR) is 186 cm³/mol. The SMILES string of the molecule is CC=CC1=CCCC(c2ccc(C3=CC4=C(CC3)c3ccc(-c5ccc6ccc7ccccc7c6c5)cc3CC4)cc2)=C1. The highest BCUT2D eigenvalue weighted by molar-refractivity contribution is 6.08. The normalized spacial score (nSPS) is 16.6. The second-order valence-corrected chi connectivity index (χ2v) is 12.3. The molecule has 0 nitrogen and oxygen atoms in total. The molecule has 5 aromatic rings. The zero-order valence-corrected chi connectivity index (χ0v) is 24.9. The minimum atomic E-state index is 1.11. The summed E-state index contributed by atoms with van der Waals surface area (Å²) in [4.78, 5) is 0. The Bertz CT molecular complexity index is 2050. The predicted octanol–water partition coefficient (Wildman–Crippen LogP) is 11.9. The molecule has 3 aliphatic carbocycles. The molecule has 0 fully saturated rings. The Morgan fingerprint density at radius 2 is 1.26 bits per heavy atom. The van der Waals surface area contributed by atoms with E-state index in [2.05, 4.69) is 134 Å². The van der Waals surface area contributed by atoms with E-state index in [0.29, 0.717) is 0 Å². The summed E-state index contributed by atoms with van der Waals surface area (Å²) in [6, 6.07) is 36.7. The van der Waals surface area contributed by atoms with Crippen LogP contribution in [0, 0.1) is 0 Å². The summed E-state index contributed by atoms with van der Waals surface area (Å²) in [5.74, 6) is 0. The van der Waals surface area contributed by atoms with Crippen LogP contribution in [0.5, 0.6) is 0 Å². The Hall–Kier alpha value is -4.68. The van der Waals surface area contributed by atoms with Crippen LogP contribution in [0.25, 0.3) is 49.4 Å². The van der Waals surface area contributed by atoms with Crippen molar-refractivity contribution >= 4 is 38.3 Å². The molecule has 8 rings (SSSR count). The van der Waals surface area contributed by atoms with Crippen molar-refractivity contribution in [3.63, 3.8) is 0 Å². The van der Waals surface area contributed by atoms with Gasteiger partial charge in [-0.1, -0.05) is 121 Å². The number of aryl methyl sites for hydroxylation is 1. The Balaban J connectivity index is 1.07. The van der Waals surface area contributed by atoms with Gasteiger partial charge in [0.2, 0.25) is 0 Å². The van der Waals surface area contributed by atoms with Crippen molar-refractivity contribution in [3.8, 4) is 11.1 Å². The molecule has 0 amide bonds. The van der Waals surface area contributed by atoms with E-state index >= 15 is 0 Å². The lowest BCUT2D eigenvalue weighted by Crippen LogP contribution is -2.08. The summed E-state index contributed by atoms with van der Waals surface area (Å²) in [6.45, 7) is 2.09. The number of fused-ring (bicyclic) bond motifs is 5. The largest absolute Gasteiger partial charge is 0.0871 e. The highest BCUT2D eigenvalue weighted by atomic mass is 14.3. The zero-order chi connectivity index (χ0) is 28.8. The number of rotatable bonds is 4. The molecule has 208 valence electrons. The van der Waals surface area contributed by atoms with E-state index in [1.807, 2.05) is 0 Å². The van der Waals surface area contributed by atoms with Crippen LogP contribution in [0.2, 0.25) is 0 Å². The Labute approximate surface area is 255 Å². The molecule has 0 heterocycles. The van der Waals surface area contributed by atoms with Crippen LogP contribution >= 0.6 is 0 Å². The van der Waals surface area contributed by atoms with Crippen molar-refractivity contribution in [1.29, 1.82) is 0 Å². The third kappa shape index (κ3) is 4.82.